The van der Waals surface area contributed by atoms with Crippen molar-refractivity contribution in [2.75, 3.05) is 22.8 Å². The first-order chi connectivity index (χ1) is 12.4. The van der Waals surface area contributed by atoms with E-state index >= 15 is 0 Å². The van der Waals surface area contributed by atoms with E-state index in [0.29, 0.717) is 0 Å². The fourth-order valence-electron chi connectivity index (χ4n) is 2.03. The highest BCUT2D eigenvalue weighted by Crippen LogP contribution is 2.29. The zero-order valence-corrected chi connectivity index (χ0v) is 17.1. The van der Waals surface area contributed by atoms with Crippen LogP contribution in [-0.2, 0) is 24.8 Å². The fraction of sp³-hybridized carbons (Fsp3) is 0.133. The maximum atomic E-state index is 12.6. The maximum Gasteiger partial charge on any atom is 0.337 e. The van der Waals surface area contributed by atoms with Gasteiger partial charge in [-0.3, -0.25) is 9.44 Å². The van der Waals surface area contributed by atoms with Crippen LogP contribution in [0.5, 0.6) is 0 Å². The second kappa shape index (κ2) is 7.93. The number of rotatable bonds is 6. The molecule has 0 saturated carbocycles. The van der Waals surface area contributed by atoms with Crippen LogP contribution >= 0.6 is 23.2 Å². The number of anilines is 2. The summed E-state index contributed by atoms with van der Waals surface area (Å²) in [5.74, 6) is -0.720. The number of halogens is 2. The van der Waals surface area contributed by atoms with Crippen LogP contribution in [0.25, 0.3) is 0 Å². The van der Waals surface area contributed by atoms with E-state index in [2.05, 4.69) is 14.2 Å². The topological polar surface area (TPSA) is 119 Å². The van der Waals surface area contributed by atoms with Gasteiger partial charge in [-0.1, -0.05) is 23.2 Å². The van der Waals surface area contributed by atoms with E-state index in [1.807, 2.05) is 0 Å². The van der Waals surface area contributed by atoms with Crippen molar-refractivity contribution in [2.45, 2.75) is 4.90 Å². The maximum absolute atomic E-state index is 12.6. The highest BCUT2D eigenvalue weighted by atomic mass is 35.5. The van der Waals surface area contributed by atoms with E-state index in [9.17, 15) is 21.6 Å². The van der Waals surface area contributed by atoms with E-state index in [4.69, 9.17) is 23.2 Å². The number of carbonyl (C=O) groups excluding carboxylic acids is 1. The van der Waals surface area contributed by atoms with Crippen molar-refractivity contribution >= 4 is 60.6 Å². The Morgan fingerprint density at radius 2 is 1.63 bits per heavy atom. The lowest BCUT2D eigenvalue weighted by atomic mass is 10.2. The number of carbonyl (C=O) groups is 1. The molecule has 27 heavy (non-hydrogen) atoms. The second-order valence-electron chi connectivity index (χ2n) is 5.31. The summed E-state index contributed by atoms with van der Waals surface area (Å²) < 4.78 is 56.8. The van der Waals surface area contributed by atoms with Gasteiger partial charge in [-0.2, -0.15) is 0 Å². The van der Waals surface area contributed by atoms with Gasteiger partial charge < -0.3 is 4.74 Å². The molecule has 0 aliphatic heterocycles. The first-order valence-corrected chi connectivity index (χ1v) is 11.2. The van der Waals surface area contributed by atoms with Crippen molar-refractivity contribution in [3.05, 3.63) is 52.0 Å². The predicted molar refractivity (Wildman–Crippen MR) is 104 cm³/mol. The molecule has 2 N–H and O–H groups in total. The van der Waals surface area contributed by atoms with Gasteiger partial charge in [0, 0.05) is 0 Å². The van der Waals surface area contributed by atoms with Crippen LogP contribution in [0, 0.1) is 0 Å². The SMILES string of the molecule is COC(=O)c1ccc(Cl)c(S(=O)(=O)Nc2ccc(NS(C)(=O)=O)c(Cl)c2)c1. The first-order valence-electron chi connectivity index (χ1n) is 7.11. The fourth-order valence-corrected chi connectivity index (χ4v) is 4.46. The van der Waals surface area contributed by atoms with Crippen molar-refractivity contribution in [2.24, 2.45) is 0 Å². The molecule has 0 fully saturated rings. The van der Waals surface area contributed by atoms with Gasteiger partial charge >= 0.3 is 5.97 Å². The van der Waals surface area contributed by atoms with Crippen LogP contribution in [0.3, 0.4) is 0 Å². The van der Waals surface area contributed by atoms with Gasteiger partial charge in [-0.05, 0) is 36.4 Å². The number of hydrogen-bond acceptors (Lipinski definition) is 6. The van der Waals surface area contributed by atoms with Crippen molar-refractivity contribution in [1.82, 2.24) is 0 Å². The van der Waals surface area contributed by atoms with Crippen LogP contribution in [0.15, 0.2) is 41.3 Å². The van der Waals surface area contributed by atoms with Crippen molar-refractivity contribution in [3.8, 4) is 0 Å². The van der Waals surface area contributed by atoms with E-state index in [-0.39, 0.29) is 31.9 Å². The summed E-state index contributed by atoms with van der Waals surface area (Å²) in [6.45, 7) is 0. The lowest BCUT2D eigenvalue weighted by molar-refractivity contribution is 0.0600. The standard InChI is InChI=1S/C15H14Cl2N2O6S2/c1-25-15(20)9-3-5-11(16)14(7-9)27(23,24)18-10-4-6-13(12(17)8-10)19-26(2,21)22/h3-8,18-19H,1-2H3. The molecule has 0 atom stereocenters. The van der Waals surface area contributed by atoms with Crippen LogP contribution in [0.4, 0.5) is 11.4 Å². The summed E-state index contributed by atoms with van der Waals surface area (Å²) >= 11 is 11.9. The Morgan fingerprint density at radius 3 is 2.19 bits per heavy atom. The molecule has 0 aliphatic carbocycles. The minimum absolute atomic E-state index is 0.00741. The van der Waals surface area contributed by atoms with Crippen LogP contribution in [0.2, 0.25) is 10.0 Å². The van der Waals surface area contributed by atoms with Gasteiger partial charge in [0.15, 0.2) is 0 Å². The third-order valence-electron chi connectivity index (χ3n) is 3.16. The highest BCUT2D eigenvalue weighted by Gasteiger charge is 2.21. The molecule has 0 bridgehead atoms. The normalized spacial score (nSPS) is 11.7. The lowest BCUT2D eigenvalue weighted by Crippen LogP contribution is -2.15. The summed E-state index contributed by atoms with van der Waals surface area (Å²) in [5, 5.41) is -0.119. The van der Waals surface area contributed by atoms with Crippen LogP contribution in [0.1, 0.15) is 10.4 Å². The third-order valence-corrected chi connectivity index (χ3v) is 5.92. The van der Waals surface area contributed by atoms with Crippen molar-refractivity contribution in [1.29, 1.82) is 0 Å². The number of hydrogen-bond donors (Lipinski definition) is 2. The Hall–Kier alpha value is -2.01. The molecule has 2 aromatic carbocycles. The highest BCUT2D eigenvalue weighted by molar-refractivity contribution is 7.93. The lowest BCUT2D eigenvalue weighted by Gasteiger charge is -2.12. The number of benzene rings is 2. The molecular formula is C15H14Cl2N2O6S2. The molecule has 2 aromatic rings. The van der Waals surface area contributed by atoms with Gasteiger partial charge in [0.25, 0.3) is 10.0 Å². The molecule has 0 heterocycles. The Kier molecular flexibility index (Phi) is 6.25. The summed E-state index contributed by atoms with van der Waals surface area (Å²) in [7, 11) is -6.54. The predicted octanol–water partition coefficient (Wildman–Crippen LogP) is 2.95. The molecule has 0 amide bonds. The van der Waals surface area contributed by atoms with E-state index < -0.39 is 26.0 Å². The number of methoxy groups -OCH3 is 1. The largest absolute Gasteiger partial charge is 0.465 e. The molecule has 146 valence electrons. The molecule has 12 heteroatoms. The monoisotopic (exact) mass is 452 g/mol. The Labute approximate surface area is 166 Å². The van der Waals surface area contributed by atoms with E-state index in [1.54, 1.807) is 0 Å². The van der Waals surface area contributed by atoms with Gasteiger partial charge in [-0.25, -0.2) is 21.6 Å². The smallest absolute Gasteiger partial charge is 0.337 e. The van der Waals surface area contributed by atoms with Gasteiger partial charge in [0.2, 0.25) is 10.0 Å². The molecule has 8 nitrogen and oxygen atoms in total. The Morgan fingerprint density at radius 1 is 0.963 bits per heavy atom. The number of ether oxygens (including phenoxy) is 1. The Balaban J connectivity index is 2.37. The minimum Gasteiger partial charge on any atom is -0.465 e. The number of nitrogens with one attached hydrogen (secondary N) is 2. The summed E-state index contributed by atoms with van der Waals surface area (Å²) in [5.41, 5.74) is 0.166. The van der Waals surface area contributed by atoms with E-state index in [0.717, 1.165) is 19.4 Å². The van der Waals surface area contributed by atoms with Crippen molar-refractivity contribution in [3.63, 3.8) is 0 Å². The molecule has 0 aliphatic rings. The molecule has 0 unspecified atom stereocenters. The quantitative estimate of drug-likeness (QED) is 0.650. The summed E-state index contributed by atoms with van der Waals surface area (Å²) in [6.07, 6.45) is 0.955. The molecule has 0 spiro atoms. The average Bonchev–Trinajstić information content (AvgIpc) is 2.55. The van der Waals surface area contributed by atoms with Crippen molar-refractivity contribution < 1.29 is 26.4 Å². The average molecular weight is 453 g/mol. The third kappa shape index (κ3) is 5.48. The second-order valence-corrected chi connectivity index (χ2v) is 9.52. The number of esters is 1. The molecular weight excluding hydrogens is 439 g/mol. The first kappa shape index (κ1) is 21.3. The minimum atomic E-state index is -4.16. The van der Waals surface area contributed by atoms with Gasteiger partial charge in [0.05, 0.1) is 40.3 Å². The van der Waals surface area contributed by atoms with Gasteiger partial charge in [0.1, 0.15) is 4.90 Å². The summed E-state index contributed by atoms with van der Waals surface area (Å²) in [4.78, 5) is 11.3. The zero-order valence-electron chi connectivity index (χ0n) is 14.0. The van der Waals surface area contributed by atoms with E-state index in [1.165, 1.54) is 30.3 Å². The van der Waals surface area contributed by atoms with Gasteiger partial charge in [-0.15, -0.1) is 0 Å². The molecule has 0 radical (unpaired) electrons. The number of sulfonamides is 2. The van der Waals surface area contributed by atoms with Crippen LogP contribution < -0.4 is 9.44 Å². The molecule has 0 aromatic heterocycles. The van der Waals surface area contributed by atoms with Crippen LogP contribution in [-0.4, -0.2) is 36.2 Å². The summed E-state index contributed by atoms with van der Waals surface area (Å²) in [6, 6.07) is 7.51. The molecule has 2 rings (SSSR count). The molecule has 0 saturated heterocycles. The zero-order chi connectivity index (χ0) is 20.4. The Bertz CT molecular complexity index is 1100.